The molecule has 0 saturated carbocycles. The van der Waals surface area contributed by atoms with Gasteiger partial charge < -0.3 is 29.8 Å². The Labute approximate surface area is 152 Å². The van der Waals surface area contributed by atoms with Crippen LogP contribution in [-0.2, 0) is 25.6 Å². The molecule has 2 saturated heterocycles. The first-order valence-electron chi connectivity index (χ1n) is 8.79. The van der Waals surface area contributed by atoms with Gasteiger partial charge >= 0.3 is 0 Å². The van der Waals surface area contributed by atoms with Crippen LogP contribution in [0.25, 0.3) is 0 Å². The van der Waals surface area contributed by atoms with E-state index < -0.39 is 36.9 Å². The maximum atomic E-state index is 10.6. The molecule has 0 bridgehead atoms. The summed E-state index contributed by atoms with van der Waals surface area (Å²) in [7, 11) is 0. The number of hydrogen-bond acceptors (Lipinski definition) is 6. The summed E-state index contributed by atoms with van der Waals surface area (Å²) in [5, 5.41) is 10.6. The van der Waals surface area contributed by atoms with Gasteiger partial charge in [0.25, 0.3) is 0 Å². The van der Waals surface area contributed by atoms with E-state index in [0.29, 0.717) is 13.2 Å². The molecule has 0 amide bonds. The lowest BCUT2D eigenvalue weighted by molar-refractivity contribution is -0.343. The second kappa shape index (κ2) is 7.84. The Morgan fingerprint density at radius 3 is 2.42 bits per heavy atom. The fourth-order valence-electron chi connectivity index (χ4n) is 3.29. The number of nitrogens with two attached hydrogens (primary N) is 1. The van der Waals surface area contributed by atoms with Crippen LogP contribution in [0, 0.1) is 0 Å². The van der Waals surface area contributed by atoms with Gasteiger partial charge in [0.1, 0.15) is 18.3 Å². The first-order valence-corrected chi connectivity index (χ1v) is 8.79. The zero-order chi connectivity index (χ0) is 17.9. The maximum Gasteiger partial charge on any atom is 0.184 e. The first kappa shape index (κ1) is 17.6. The SMILES string of the molecule is N[C@H]1[C@H](OCc2ccccc2)O[C@@H]2COC(c3ccccc3)O[C@H]2[C@H]1O. The van der Waals surface area contributed by atoms with E-state index in [0.717, 1.165) is 11.1 Å². The molecule has 6 atom stereocenters. The third-order valence-electron chi connectivity index (χ3n) is 4.74. The second-order valence-corrected chi connectivity index (χ2v) is 6.58. The predicted octanol–water partition coefficient (Wildman–Crippen LogP) is 1.73. The lowest BCUT2D eigenvalue weighted by Crippen LogP contribution is -2.64. The standard InChI is InChI=1S/C20H23NO5/c21-16-17(22)18-15(12-24-19(26-18)14-9-5-2-6-10-14)25-20(16)23-11-13-7-3-1-4-8-13/h1-10,15-20,22H,11-12,21H2/t15-,16-,17+,18-,19?,20-/m1/s1. The Balaban J connectivity index is 1.40. The molecule has 4 rings (SSSR count). The molecule has 0 aliphatic carbocycles. The van der Waals surface area contributed by atoms with Gasteiger partial charge in [0.05, 0.1) is 19.3 Å². The quantitative estimate of drug-likeness (QED) is 0.867. The summed E-state index contributed by atoms with van der Waals surface area (Å²) in [5.74, 6) is 0. The van der Waals surface area contributed by atoms with E-state index in [1.165, 1.54) is 0 Å². The van der Waals surface area contributed by atoms with Crippen LogP contribution < -0.4 is 5.73 Å². The molecule has 2 fully saturated rings. The smallest absolute Gasteiger partial charge is 0.184 e. The summed E-state index contributed by atoms with van der Waals surface area (Å²) in [6.07, 6.45) is -3.13. The Morgan fingerprint density at radius 2 is 1.69 bits per heavy atom. The average Bonchev–Trinajstić information content (AvgIpc) is 2.71. The Bertz CT molecular complexity index is 696. The van der Waals surface area contributed by atoms with Crippen LogP contribution in [0.1, 0.15) is 17.4 Å². The molecule has 26 heavy (non-hydrogen) atoms. The zero-order valence-electron chi connectivity index (χ0n) is 14.3. The van der Waals surface area contributed by atoms with Crippen LogP contribution >= 0.6 is 0 Å². The van der Waals surface area contributed by atoms with E-state index in [4.69, 9.17) is 24.7 Å². The van der Waals surface area contributed by atoms with Crippen LogP contribution in [-0.4, -0.2) is 42.4 Å². The first-order chi connectivity index (χ1) is 12.7. The third kappa shape index (κ3) is 3.66. The van der Waals surface area contributed by atoms with Gasteiger partial charge in [-0.1, -0.05) is 60.7 Å². The van der Waals surface area contributed by atoms with Gasteiger partial charge in [-0.2, -0.15) is 0 Å². The van der Waals surface area contributed by atoms with Crippen LogP contribution in [0.2, 0.25) is 0 Å². The van der Waals surface area contributed by atoms with Gasteiger partial charge in [-0.05, 0) is 5.56 Å². The monoisotopic (exact) mass is 357 g/mol. The van der Waals surface area contributed by atoms with Crippen molar-refractivity contribution in [3.05, 3.63) is 71.8 Å². The highest BCUT2D eigenvalue weighted by atomic mass is 16.7. The van der Waals surface area contributed by atoms with Gasteiger partial charge in [0.2, 0.25) is 0 Å². The molecule has 2 aromatic rings. The topological polar surface area (TPSA) is 83.2 Å². The third-order valence-corrected chi connectivity index (χ3v) is 4.74. The van der Waals surface area contributed by atoms with E-state index in [9.17, 15) is 5.11 Å². The van der Waals surface area contributed by atoms with Crippen LogP contribution in [0.15, 0.2) is 60.7 Å². The largest absolute Gasteiger partial charge is 0.388 e. The van der Waals surface area contributed by atoms with Crippen molar-refractivity contribution < 1.29 is 24.1 Å². The number of rotatable bonds is 4. The van der Waals surface area contributed by atoms with E-state index in [1.54, 1.807) is 0 Å². The molecule has 6 heteroatoms. The van der Waals surface area contributed by atoms with Gasteiger partial charge in [0, 0.05) is 5.56 Å². The van der Waals surface area contributed by atoms with E-state index in [1.807, 2.05) is 60.7 Å². The van der Waals surface area contributed by atoms with Crippen LogP contribution in [0.3, 0.4) is 0 Å². The normalized spacial score (nSPS) is 34.2. The average molecular weight is 357 g/mol. The summed E-state index contributed by atoms with van der Waals surface area (Å²) in [4.78, 5) is 0. The highest BCUT2D eigenvalue weighted by molar-refractivity contribution is 5.17. The summed E-state index contributed by atoms with van der Waals surface area (Å²) in [6.45, 7) is 0.664. The van der Waals surface area contributed by atoms with Crippen molar-refractivity contribution in [2.45, 2.75) is 43.5 Å². The molecule has 2 aromatic carbocycles. The summed E-state index contributed by atoms with van der Waals surface area (Å²) in [6, 6.07) is 18.7. The van der Waals surface area contributed by atoms with Crippen molar-refractivity contribution in [2.24, 2.45) is 5.73 Å². The van der Waals surface area contributed by atoms with Gasteiger partial charge in [-0.3, -0.25) is 0 Å². The molecule has 1 unspecified atom stereocenters. The molecular weight excluding hydrogens is 334 g/mol. The predicted molar refractivity (Wildman–Crippen MR) is 93.9 cm³/mol. The molecule has 0 spiro atoms. The highest BCUT2D eigenvalue weighted by Gasteiger charge is 2.48. The molecular formula is C20H23NO5. The highest BCUT2D eigenvalue weighted by Crippen LogP contribution is 2.33. The van der Waals surface area contributed by atoms with Crippen LogP contribution in [0.4, 0.5) is 0 Å². The molecule has 0 radical (unpaired) electrons. The molecule has 0 aromatic heterocycles. The van der Waals surface area contributed by atoms with Gasteiger partial charge in [-0.25, -0.2) is 0 Å². The number of hydrogen-bond donors (Lipinski definition) is 2. The van der Waals surface area contributed by atoms with Crippen molar-refractivity contribution in [3.63, 3.8) is 0 Å². The molecule has 6 nitrogen and oxygen atoms in total. The Hall–Kier alpha value is -1.80. The fraction of sp³-hybridized carbons (Fsp3) is 0.400. The molecule has 2 aliphatic rings. The number of ether oxygens (including phenoxy) is 4. The lowest BCUT2D eigenvalue weighted by Gasteiger charge is -2.46. The van der Waals surface area contributed by atoms with Crippen molar-refractivity contribution >= 4 is 0 Å². The van der Waals surface area contributed by atoms with E-state index in [-0.39, 0.29) is 0 Å². The zero-order valence-corrected chi connectivity index (χ0v) is 14.3. The summed E-state index contributed by atoms with van der Waals surface area (Å²) < 4.78 is 23.4. The van der Waals surface area contributed by atoms with Crippen molar-refractivity contribution in [3.8, 4) is 0 Å². The second-order valence-electron chi connectivity index (χ2n) is 6.58. The fourth-order valence-corrected chi connectivity index (χ4v) is 3.29. The maximum absolute atomic E-state index is 10.6. The summed E-state index contributed by atoms with van der Waals surface area (Å²) in [5.41, 5.74) is 8.07. The lowest BCUT2D eigenvalue weighted by atomic mass is 9.96. The Morgan fingerprint density at radius 1 is 1.00 bits per heavy atom. The van der Waals surface area contributed by atoms with Gasteiger partial charge in [-0.15, -0.1) is 0 Å². The Kier molecular flexibility index (Phi) is 5.31. The molecule has 2 aliphatic heterocycles. The van der Waals surface area contributed by atoms with Crippen molar-refractivity contribution in [1.82, 2.24) is 0 Å². The van der Waals surface area contributed by atoms with E-state index in [2.05, 4.69) is 0 Å². The molecule has 138 valence electrons. The van der Waals surface area contributed by atoms with Crippen LogP contribution in [0.5, 0.6) is 0 Å². The number of aliphatic hydroxyl groups excluding tert-OH is 1. The van der Waals surface area contributed by atoms with Gasteiger partial charge in [0.15, 0.2) is 12.6 Å². The minimum absolute atomic E-state index is 0.305. The van der Waals surface area contributed by atoms with Crippen molar-refractivity contribution in [2.75, 3.05) is 6.61 Å². The summed E-state index contributed by atoms with van der Waals surface area (Å²) >= 11 is 0. The minimum atomic E-state index is -0.898. The number of fused-ring (bicyclic) bond motifs is 1. The van der Waals surface area contributed by atoms with E-state index >= 15 is 0 Å². The number of aliphatic hydroxyl groups is 1. The molecule has 3 N–H and O–H groups in total. The number of benzene rings is 2. The van der Waals surface area contributed by atoms with Crippen molar-refractivity contribution in [1.29, 1.82) is 0 Å². The minimum Gasteiger partial charge on any atom is -0.388 e. The molecule has 2 heterocycles.